The first-order chi connectivity index (χ1) is 21.3. The summed E-state index contributed by atoms with van der Waals surface area (Å²) < 4.78 is 33.3. The van der Waals surface area contributed by atoms with Crippen LogP contribution >= 0.6 is 0 Å². The number of nitrogens with one attached hydrogen (secondary N) is 1. The lowest BCUT2D eigenvalue weighted by Crippen LogP contribution is -2.30. The van der Waals surface area contributed by atoms with Gasteiger partial charge in [-0.2, -0.15) is 0 Å². The lowest BCUT2D eigenvalue weighted by atomic mass is 10.1. The fourth-order valence-electron chi connectivity index (χ4n) is 5.58. The highest BCUT2D eigenvalue weighted by Crippen LogP contribution is 2.42. The highest BCUT2D eigenvalue weighted by molar-refractivity contribution is 6.04. The normalized spacial score (nSPS) is 14.2. The molecule has 0 spiro atoms. The molecule has 1 saturated carbocycles. The van der Waals surface area contributed by atoms with Crippen molar-refractivity contribution in [1.29, 1.82) is 0 Å². The number of fused-ring (bicyclic) bond motifs is 3. The number of amides is 2. The van der Waals surface area contributed by atoms with Crippen molar-refractivity contribution in [3.05, 3.63) is 107 Å². The van der Waals surface area contributed by atoms with Crippen LogP contribution in [0.3, 0.4) is 0 Å². The number of pyridine rings is 1. The van der Waals surface area contributed by atoms with Gasteiger partial charge in [-0.15, -0.1) is 10.2 Å². The summed E-state index contributed by atoms with van der Waals surface area (Å²) in [6, 6.07) is 13.5. The minimum Gasteiger partial charge on any atom is -0.328 e. The maximum atomic E-state index is 15.7. The van der Waals surface area contributed by atoms with Gasteiger partial charge >= 0.3 is 0 Å². The smallest absolute Gasteiger partial charge is 0.259 e. The Balaban J connectivity index is 1.23. The average Bonchev–Trinajstić information content (AvgIpc) is 3.61. The van der Waals surface area contributed by atoms with Gasteiger partial charge < -0.3 is 19.4 Å². The summed E-state index contributed by atoms with van der Waals surface area (Å²) in [5.41, 5.74) is 3.24. The van der Waals surface area contributed by atoms with Crippen LogP contribution < -0.4 is 5.32 Å². The second kappa shape index (κ2) is 10.8. The van der Waals surface area contributed by atoms with E-state index in [4.69, 9.17) is 0 Å². The Morgan fingerprint density at radius 1 is 1.00 bits per heavy atom. The molecule has 0 bridgehead atoms. The maximum absolute atomic E-state index is 15.7. The number of carbonyl (C=O) groups is 2. The van der Waals surface area contributed by atoms with Gasteiger partial charge in [0.1, 0.15) is 29.5 Å². The topological polar surface area (TPSA) is 111 Å². The largest absolute Gasteiger partial charge is 0.328 e. The van der Waals surface area contributed by atoms with E-state index in [1.54, 1.807) is 41.8 Å². The van der Waals surface area contributed by atoms with Crippen LogP contribution in [0, 0.1) is 11.6 Å². The fourth-order valence-corrected chi connectivity index (χ4v) is 5.58. The Labute approximate surface area is 251 Å². The van der Waals surface area contributed by atoms with E-state index >= 15 is 4.39 Å². The fraction of sp³-hybridized carbons (Fsp3) is 0.250. The molecule has 0 atom stereocenters. The number of nitrogens with zero attached hydrogens (tertiary/aromatic N) is 7. The minimum absolute atomic E-state index is 0.0649. The van der Waals surface area contributed by atoms with Crippen LogP contribution in [-0.2, 0) is 13.1 Å². The molecule has 0 unspecified atom stereocenters. The molecular weight excluding hydrogens is 566 g/mol. The molecule has 0 saturated heterocycles. The summed E-state index contributed by atoms with van der Waals surface area (Å²) in [4.78, 5) is 37.7. The lowest BCUT2D eigenvalue weighted by Gasteiger charge is -2.21. The molecule has 1 aliphatic carbocycles. The summed E-state index contributed by atoms with van der Waals surface area (Å²) >= 11 is 0. The quantitative estimate of drug-likeness (QED) is 0.271. The molecule has 10 nitrogen and oxygen atoms in total. The predicted molar refractivity (Wildman–Crippen MR) is 157 cm³/mol. The number of anilines is 1. The van der Waals surface area contributed by atoms with Crippen molar-refractivity contribution in [3.8, 4) is 17.2 Å². The molecule has 1 fully saturated rings. The standard InChI is InChI=1S/C32H28F2N8O2/c1-18(2)41-17-36-39-30(41)25-7-4-8-28(37-25)38-31(43)23-13-26-21(12-24(23)34)14-40(32(44)20-5-3-6-22(33)11-20)15-27-29(19-9-10-19)35-16-42(26)27/h3-8,11-13,16-19H,9-10,14-15H2,1-2H3,(H,37,38,43). The van der Waals surface area contributed by atoms with Crippen LogP contribution in [-0.4, -0.2) is 46.0 Å². The monoisotopic (exact) mass is 594 g/mol. The molecule has 2 amide bonds. The Morgan fingerprint density at radius 2 is 1.82 bits per heavy atom. The Kier molecular flexibility index (Phi) is 6.75. The molecule has 1 N–H and O–H groups in total. The van der Waals surface area contributed by atoms with Crippen molar-refractivity contribution in [2.45, 2.75) is 51.7 Å². The van der Waals surface area contributed by atoms with Crippen LogP contribution in [0.1, 0.15) is 76.3 Å². The number of carbonyl (C=O) groups excluding carboxylic acids is 2. The van der Waals surface area contributed by atoms with Gasteiger partial charge in [0.15, 0.2) is 5.82 Å². The molecule has 1 aliphatic heterocycles. The van der Waals surface area contributed by atoms with E-state index in [1.165, 1.54) is 30.3 Å². The molecule has 2 aromatic carbocycles. The molecule has 5 aromatic rings. The van der Waals surface area contributed by atoms with Gasteiger partial charge in [-0.1, -0.05) is 12.1 Å². The average molecular weight is 595 g/mol. The summed E-state index contributed by atoms with van der Waals surface area (Å²) in [5, 5.41) is 10.9. The van der Waals surface area contributed by atoms with Gasteiger partial charge in [0.2, 0.25) is 0 Å². The zero-order chi connectivity index (χ0) is 30.5. The van der Waals surface area contributed by atoms with Crippen LogP contribution in [0.5, 0.6) is 0 Å². The third kappa shape index (κ3) is 5.01. The molecule has 222 valence electrons. The number of aromatic nitrogens is 6. The molecular formula is C32H28F2N8O2. The zero-order valence-electron chi connectivity index (χ0n) is 24.0. The molecule has 4 heterocycles. The highest BCUT2D eigenvalue weighted by Gasteiger charge is 2.34. The third-order valence-corrected chi connectivity index (χ3v) is 7.95. The second-order valence-electron chi connectivity index (χ2n) is 11.4. The molecule has 3 aromatic heterocycles. The van der Waals surface area contributed by atoms with Crippen molar-refractivity contribution in [3.63, 3.8) is 0 Å². The first kappa shape index (κ1) is 27.6. The van der Waals surface area contributed by atoms with Gasteiger partial charge in [-0.05, 0) is 74.7 Å². The summed E-state index contributed by atoms with van der Waals surface area (Å²) in [5.74, 6) is -1.27. The highest BCUT2D eigenvalue weighted by atomic mass is 19.1. The molecule has 2 aliphatic rings. The van der Waals surface area contributed by atoms with Crippen LogP contribution in [0.4, 0.5) is 14.6 Å². The van der Waals surface area contributed by atoms with Gasteiger partial charge in [0.25, 0.3) is 11.8 Å². The van der Waals surface area contributed by atoms with Gasteiger partial charge in [0, 0.05) is 24.1 Å². The SMILES string of the molecule is CC(C)n1cnnc1-c1cccc(NC(=O)c2cc3c(cc2F)CN(C(=O)c2cccc(F)c2)Cc2c(C4CC4)ncn2-3)n1. The van der Waals surface area contributed by atoms with E-state index in [0.29, 0.717) is 22.8 Å². The van der Waals surface area contributed by atoms with Gasteiger partial charge in [-0.25, -0.2) is 18.7 Å². The summed E-state index contributed by atoms with van der Waals surface area (Å²) in [7, 11) is 0. The molecule has 12 heteroatoms. The molecule has 0 radical (unpaired) electrons. The number of benzene rings is 2. The number of rotatable bonds is 6. The Morgan fingerprint density at radius 3 is 2.59 bits per heavy atom. The first-order valence-electron chi connectivity index (χ1n) is 14.4. The molecule has 7 rings (SSSR count). The number of hydrogen-bond acceptors (Lipinski definition) is 6. The minimum atomic E-state index is -0.749. The van der Waals surface area contributed by atoms with E-state index in [2.05, 4.69) is 25.5 Å². The van der Waals surface area contributed by atoms with Crippen LogP contribution in [0.15, 0.2) is 67.3 Å². The summed E-state index contributed by atoms with van der Waals surface area (Å²) in [6.45, 7) is 4.26. The Bertz CT molecular complexity index is 1930. The predicted octanol–water partition coefficient (Wildman–Crippen LogP) is 5.67. The van der Waals surface area contributed by atoms with Crippen LogP contribution in [0.2, 0.25) is 0 Å². The van der Waals surface area contributed by atoms with E-state index in [1.807, 2.05) is 23.0 Å². The number of imidazole rings is 1. The second-order valence-corrected chi connectivity index (χ2v) is 11.4. The first-order valence-corrected chi connectivity index (χ1v) is 14.4. The van der Waals surface area contributed by atoms with Crippen molar-refractivity contribution < 1.29 is 18.4 Å². The number of hydrogen-bond donors (Lipinski definition) is 1. The van der Waals surface area contributed by atoms with E-state index < -0.39 is 17.5 Å². The Hall–Kier alpha value is -5.26. The van der Waals surface area contributed by atoms with E-state index in [0.717, 1.165) is 24.2 Å². The van der Waals surface area contributed by atoms with Crippen molar-refractivity contribution in [1.82, 2.24) is 34.2 Å². The summed E-state index contributed by atoms with van der Waals surface area (Å²) in [6.07, 6.45) is 5.26. The maximum Gasteiger partial charge on any atom is 0.259 e. The number of halogens is 2. The van der Waals surface area contributed by atoms with Gasteiger partial charge in [-0.3, -0.25) is 9.59 Å². The zero-order valence-corrected chi connectivity index (χ0v) is 24.0. The lowest BCUT2D eigenvalue weighted by molar-refractivity contribution is 0.0729. The van der Waals surface area contributed by atoms with E-state index in [9.17, 15) is 14.0 Å². The van der Waals surface area contributed by atoms with Crippen molar-refractivity contribution >= 4 is 17.6 Å². The van der Waals surface area contributed by atoms with E-state index in [-0.39, 0.29) is 47.9 Å². The van der Waals surface area contributed by atoms with Gasteiger partial charge in [0.05, 0.1) is 35.5 Å². The van der Waals surface area contributed by atoms with Crippen LogP contribution in [0.25, 0.3) is 17.2 Å². The van der Waals surface area contributed by atoms with Crippen molar-refractivity contribution in [2.24, 2.45) is 0 Å². The van der Waals surface area contributed by atoms with Crippen molar-refractivity contribution in [2.75, 3.05) is 5.32 Å². The third-order valence-electron chi connectivity index (χ3n) is 7.95. The molecule has 44 heavy (non-hydrogen) atoms.